The number of rotatable bonds is 7. The molecule has 0 N–H and O–H groups in total. The first kappa shape index (κ1) is 27.4. The summed E-state index contributed by atoms with van der Waals surface area (Å²) in [4.78, 5) is 7.25. The summed E-state index contributed by atoms with van der Waals surface area (Å²) in [5.74, 6) is 0.627. The van der Waals surface area contributed by atoms with Crippen LogP contribution in [0.25, 0.3) is 55.9 Å². The first-order valence-electron chi connectivity index (χ1n) is 15.5. The van der Waals surface area contributed by atoms with Crippen LogP contribution in [0.3, 0.4) is 0 Å². The molecule has 0 saturated heterocycles. The highest BCUT2D eigenvalue weighted by Crippen LogP contribution is 2.42. The summed E-state index contributed by atoms with van der Waals surface area (Å²) >= 11 is 0. The number of benzene rings is 7. The quantitative estimate of drug-likeness (QED) is 0.185. The van der Waals surface area contributed by atoms with Gasteiger partial charge in [-0.05, 0) is 70.8 Å². The Morgan fingerprint density at radius 3 is 1.50 bits per heavy atom. The lowest BCUT2D eigenvalue weighted by molar-refractivity contribution is 0.620. The highest BCUT2D eigenvalue weighted by atomic mass is 16.3. The van der Waals surface area contributed by atoms with Crippen LogP contribution in [0.1, 0.15) is 0 Å². The molecule has 0 atom stereocenters. The van der Waals surface area contributed by atoms with Gasteiger partial charge in [-0.2, -0.15) is 0 Å². The summed E-state index contributed by atoms with van der Waals surface area (Å²) < 4.78 is 6.17. The minimum atomic E-state index is 0.627. The number of para-hydroxylation sites is 2. The second-order valence-corrected chi connectivity index (χ2v) is 11.2. The van der Waals surface area contributed by atoms with Gasteiger partial charge in [-0.25, -0.2) is 4.98 Å². The Hall–Kier alpha value is -6.19. The van der Waals surface area contributed by atoms with Gasteiger partial charge in [0.15, 0.2) is 5.58 Å². The molecule has 0 aliphatic rings. The fourth-order valence-electron chi connectivity index (χ4n) is 6.07. The van der Waals surface area contributed by atoms with Crippen molar-refractivity contribution >= 4 is 28.2 Å². The Kier molecular flexibility index (Phi) is 7.18. The standard InChI is InChI=1S/C43H30N2O/c1-4-13-31(14-5-1)32-23-27-36(28-24-32)45(40-21-11-10-19-38(40)33-15-6-2-7-16-33)37-29-25-34(26-30-37)39-20-12-22-41-42(39)44-43(46-41)35-17-8-3-9-18-35/h1-30H. The SMILES string of the molecule is c1ccc(-c2ccc(N(c3ccc(-c4cccc5oc(-c6ccccc6)nc45)cc3)c3ccccc3-c3ccccc3)cc2)cc1. The number of nitrogens with zero attached hydrogens (tertiary/aromatic N) is 2. The van der Waals surface area contributed by atoms with E-state index in [-0.39, 0.29) is 0 Å². The average molecular weight is 591 g/mol. The fourth-order valence-corrected chi connectivity index (χ4v) is 6.07. The first-order valence-corrected chi connectivity index (χ1v) is 15.5. The monoisotopic (exact) mass is 590 g/mol. The average Bonchev–Trinajstić information content (AvgIpc) is 3.59. The van der Waals surface area contributed by atoms with E-state index >= 15 is 0 Å². The Morgan fingerprint density at radius 2 is 0.848 bits per heavy atom. The van der Waals surface area contributed by atoms with Gasteiger partial charge in [0.1, 0.15) is 5.52 Å². The maximum absolute atomic E-state index is 6.17. The van der Waals surface area contributed by atoms with Crippen molar-refractivity contribution in [2.24, 2.45) is 0 Å². The third-order valence-electron chi connectivity index (χ3n) is 8.34. The summed E-state index contributed by atoms with van der Waals surface area (Å²) in [5, 5.41) is 0. The second-order valence-electron chi connectivity index (χ2n) is 11.2. The van der Waals surface area contributed by atoms with E-state index in [9.17, 15) is 0 Å². The van der Waals surface area contributed by atoms with Crippen molar-refractivity contribution < 1.29 is 4.42 Å². The Balaban J connectivity index is 1.22. The molecule has 3 nitrogen and oxygen atoms in total. The molecule has 0 aliphatic carbocycles. The molecular weight excluding hydrogens is 560 g/mol. The summed E-state index contributed by atoms with van der Waals surface area (Å²) in [6.45, 7) is 0. The van der Waals surface area contributed by atoms with Crippen LogP contribution in [0.4, 0.5) is 17.1 Å². The number of hydrogen-bond donors (Lipinski definition) is 0. The maximum Gasteiger partial charge on any atom is 0.227 e. The van der Waals surface area contributed by atoms with Crippen molar-refractivity contribution in [3.05, 3.63) is 182 Å². The molecule has 8 aromatic rings. The van der Waals surface area contributed by atoms with Crippen LogP contribution in [0.2, 0.25) is 0 Å². The Labute approximate surface area is 268 Å². The van der Waals surface area contributed by atoms with E-state index in [2.05, 4.69) is 144 Å². The normalized spacial score (nSPS) is 11.0. The van der Waals surface area contributed by atoms with Gasteiger partial charge in [-0.3, -0.25) is 0 Å². The topological polar surface area (TPSA) is 29.3 Å². The largest absolute Gasteiger partial charge is 0.436 e. The molecule has 46 heavy (non-hydrogen) atoms. The van der Waals surface area contributed by atoms with Gasteiger partial charge in [0.25, 0.3) is 0 Å². The van der Waals surface area contributed by atoms with Gasteiger partial charge in [0.2, 0.25) is 5.89 Å². The highest BCUT2D eigenvalue weighted by Gasteiger charge is 2.18. The van der Waals surface area contributed by atoms with Crippen molar-refractivity contribution in [2.75, 3.05) is 4.90 Å². The number of aromatic nitrogens is 1. The van der Waals surface area contributed by atoms with Gasteiger partial charge in [-0.15, -0.1) is 0 Å². The van der Waals surface area contributed by atoms with Crippen molar-refractivity contribution in [1.82, 2.24) is 4.98 Å². The van der Waals surface area contributed by atoms with Crippen LogP contribution in [-0.4, -0.2) is 4.98 Å². The van der Waals surface area contributed by atoms with E-state index in [0.29, 0.717) is 5.89 Å². The Bertz CT molecular complexity index is 2220. The van der Waals surface area contributed by atoms with Crippen LogP contribution in [-0.2, 0) is 0 Å². The fraction of sp³-hybridized carbons (Fsp3) is 0. The third kappa shape index (κ3) is 5.25. The van der Waals surface area contributed by atoms with E-state index in [1.54, 1.807) is 0 Å². The smallest absolute Gasteiger partial charge is 0.227 e. The van der Waals surface area contributed by atoms with Gasteiger partial charge < -0.3 is 9.32 Å². The van der Waals surface area contributed by atoms with Crippen LogP contribution >= 0.6 is 0 Å². The van der Waals surface area contributed by atoms with Crippen LogP contribution in [0.5, 0.6) is 0 Å². The van der Waals surface area contributed by atoms with E-state index in [1.807, 2.05) is 42.5 Å². The second kappa shape index (κ2) is 12.1. The zero-order chi connectivity index (χ0) is 30.7. The molecule has 0 amide bonds. The molecule has 3 heteroatoms. The molecule has 0 aliphatic heterocycles. The van der Waals surface area contributed by atoms with E-state index in [0.717, 1.165) is 44.9 Å². The lowest BCUT2D eigenvalue weighted by atomic mass is 10.00. The van der Waals surface area contributed by atoms with Crippen molar-refractivity contribution in [3.63, 3.8) is 0 Å². The minimum Gasteiger partial charge on any atom is -0.436 e. The summed E-state index contributed by atoms with van der Waals surface area (Å²) in [6, 6.07) is 63.4. The predicted octanol–water partition coefficient (Wildman–Crippen LogP) is 12.0. The zero-order valence-electron chi connectivity index (χ0n) is 25.1. The third-order valence-corrected chi connectivity index (χ3v) is 8.34. The van der Waals surface area contributed by atoms with Crippen LogP contribution in [0.15, 0.2) is 186 Å². The van der Waals surface area contributed by atoms with E-state index < -0.39 is 0 Å². The maximum atomic E-state index is 6.17. The molecule has 0 unspecified atom stereocenters. The molecule has 0 bridgehead atoms. The first-order chi connectivity index (χ1) is 22.8. The molecule has 218 valence electrons. The van der Waals surface area contributed by atoms with E-state index in [4.69, 9.17) is 9.40 Å². The molecule has 0 fully saturated rings. The number of anilines is 3. The van der Waals surface area contributed by atoms with Gasteiger partial charge in [-0.1, -0.05) is 133 Å². The molecular formula is C43H30N2O. The zero-order valence-corrected chi connectivity index (χ0v) is 25.1. The molecule has 0 spiro atoms. The van der Waals surface area contributed by atoms with Gasteiger partial charge in [0, 0.05) is 28.1 Å². The minimum absolute atomic E-state index is 0.627. The van der Waals surface area contributed by atoms with Gasteiger partial charge in [0.05, 0.1) is 5.69 Å². The molecule has 1 aromatic heterocycles. The van der Waals surface area contributed by atoms with Crippen molar-refractivity contribution in [2.45, 2.75) is 0 Å². The highest BCUT2D eigenvalue weighted by molar-refractivity contribution is 5.93. The van der Waals surface area contributed by atoms with Crippen molar-refractivity contribution in [1.29, 1.82) is 0 Å². The predicted molar refractivity (Wildman–Crippen MR) is 190 cm³/mol. The summed E-state index contributed by atoms with van der Waals surface area (Å²) in [7, 11) is 0. The van der Waals surface area contributed by atoms with Crippen LogP contribution in [0, 0.1) is 0 Å². The molecule has 7 aromatic carbocycles. The number of oxazole rings is 1. The number of fused-ring (bicyclic) bond motifs is 1. The molecule has 8 rings (SSSR count). The van der Waals surface area contributed by atoms with Crippen molar-refractivity contribution in [3.8, 4) is 44.8 Å². The molecule has 1 heterocycles. The molecule has 0 radical (unpaired) electrons. The van der Waals surface area contributed by atoms with E-state index in [1.165, 1.54) is 22.3 Å². The van der Waals surface area contributed by atoms with Gasteiger partial charge >= 0.3 is 0 Å². The lowest BCUT2D eigenvalue weighted by Gasteiger charge is -2.28. The van der Waals surface area contributed by atoms with Crippen LogP contribution < -0.4 is 4.90 Å². The summed E-state index contributed by atoms with van der Waals surface area (Å²) in [5.41, 5.74) is 12.7. The Morgan fingerprint density at radius 1 is 0.370 bits per heavy atom. The molecule has 0 saturated carbocycles. The lowest BCUT2D eigenvalue weighted by Crippen LogP contribution is -2.11. The number of hydrogen-bond acceptors (Lipinski definition) is 3. The summed E-state index contributed by atoms with van der Waals surface area (Å²) in [6.07, 6.45) is 0.